The lowest BCUT2D eigenvalue weighted by molar-refractivity contribution is 0.624. The first-order valence-electron chi connectivity index (χ1n) is 6.18. The molecule has 1 unspecified atom stereocenters. The molecule has 0 heterocycles. The molecule has 96 valence electrons. The standard InChI is InChI=1S/C16H15FN2/c1-12(8-13-4-2-6-15(17)9-13)19-16-7-3-5-14(10-16)11-18/h2-7,9-10,12,19H,8H2,1H3. The molecule has 0 saturated heterocycles. The summed E-state index contributed by atoms with van der Waals surface area (Å²) in [5.74, 6) is -0.212. The van der Waals surface area contributed by atoms with Crippen LogP contribution in [0.1, 0.15) is 18.1 Å². The number of rotatable bonds is 4. The van der Waals surface area contributed by atoms with E-state index in [0.717, 1.165) is 17.7 Å². The fraction of sp³-hybridized carbons (Fsp3) is 0.188. The number of hydrogen-bond donors (Lipinski definition) is 1. The Morgan fingerprint density at radius 3 is 2.74 bits per heavy atom. The first kappa shape index (κ1) is 13.1. The molecule has 2 rings (SSSR count). The van der Waals surface area contributed by atoms with Crippen molar-refractivity contribution in [2.45, 2.75) is 19.4 Å². The molecule has 3 heteroatoms. The molecule has 1 atom stereocenters. The molecule has 2 aromatic rings. The Kier molecular flexibility index (Phi) is 4.15. The molecule has 0 fully saturated rings. The fourth-order valence-electron chi connectivity index (χ4n) is 2.03. The lowest BCUT2D eigenvalue weighted by atomic mass is 10.1. The Morgan fingerprint density at radius 2 is 2.00 bits per heavy atom. The van der Waals surface area contributed by atoms with Crippen molar-refractivity contribution >= 4 is 5.69 Å². The summed E-state index contributed by atoms with van der Waals surface area (Å²) in [5, 5.41) is 12.2. The van der Waals surface area contributed by atoms with Crippen LogP contribution in [-0.2, 0) is 6.42 Å². The molecule has 2 nitrogen and oxygen atoms in total. The second-order valence-electron chi connectivity index (χ2n) is 4.57. The average molecular weight is 254 g/mol. The minimum atomic E-state index is -0.212. The zero-order valence-corrected chi connectivity index (χ0v) is 10.7. The monoisotopic (exact) mass is 254 g/mol. The van der Waals surface area contributed by atoms with E-state index in [4.69, 9.17) is 5.26 Å². The van der Waals surface area contributed by atoms with Crippen LogP contribution in [0.4, 0.5) is 10.1 Å². The second kappa shape index (κ2) is 6.01. The van der Waals surface area contributed by atoms with Gasteiger partial charge in [0.25, 0.3) is 0 Å². The Morgan fingerprint density at radius 1 is 1.21 bits per heavy atom. The summed E-state index contributed by atoms with van der Waals surface area (Å²) in [6.07, 6.45) is 0.731. The zero-order chi connectivity index (χ0) is 13.7. The lowest BCUT2D eigenvalue weighted by Crippen LogP contribution is -2.18. The van der Waals surface area contributed by atoms with E-state index in [9.17, 15) is 4.39 Å². The quantitative estimate of drug-likeness (QED) is 0.902. The number of hydrogen-bond acceptors (Lipinski definition) is 2. The second-order valence-corrected chi connectivity index (χ2v) is 4.57. The summed E-state index contributed by atoms with van der Waals surface area (Å²) in [5.41, 5.74) is 2.49. The maximum absolute atomic E-state index is 13.1. The molecule has 0 aliphatic rings. The molecule has 1 N–H and O–H groups in total. The van der Waals surface area contributed by atoms with E-state index in [1.807, 2.05) is 31.2 Å². The number of benzene rings is 2. The molecule has 0 aliphatic carbocycles. The Bertz CT molecular complexity index is 602. The highest BCUT2D eigenvalue weighted by molar-refractivity contribution is 5.49. The van der Waals surface area contributed by atoms with Gasteiger partial charge < -0.3 is 5.32 Å². The van der Waals surface area contributed by atoms with E-state index < -0.39 is 0 Å². The van der Waals surface area contributed by atoms with Gasteiger partial charge in [0, 0.05) is 11.7 Å². The molecule has 0 saturated carbocycles. The Labute approximate surface area is 112 Å². The SMILES string of the molecule is CC(Cc1cccc(F)c1)Nc1cccc(C#N)c1. The van der Waals surface area contributed by atoms with Gasteiger partial charge in [-0.25, -0.2) is 4.39 Å². The first-order chi connectivity index (χ1) is 9.17. The highest BCUT2D eigenvalue weighted by Gasteiger charge is 2.05. The average Bonchev–Trinajstić information content (AvgIpc) is 2.38. The zero-order valence-electron chi connectivity index (χ0n) is 10.7. The van der Waals surface area contributed by atoms with Crippen LogP contribution in [0.2, 0.25) is 0 Å². The van der Waals surface area contributed by atoms with Crippen LogP contribution in [0.25, 0.3) is 0 Å². The Balaban J connectivity index is 2.01. The lowest BCUT2D eigenvalue weighted by Gasteiger charge is -2.15. The van der Waals surface area contributed by atoms with E-state index in [2.05, 4.69) is 11.4 Å². The van der Waals surface area contributed by atoms with Gasteiger partial charge in [-0.2, -0.15) is 5.26 Å². The van der Waals surface area contributed by atoms with Gasteiger partial charge in [0.15, 0.2) is 0 Å². The molecule has 0 spiro atoms. The number of anilines is 1. The molecule has 0 aliphatic heterocycles. The molecule has 0 amide bonds. The van der Waals surface area contributed by atoms with Crippen LogP contribution in [-0.4, -0.2) is 6.04 Å². The topological polar surface area (TPSA) is 35.8 Å². The van der Waals surface area contributed by atoms with Crippen LogP contribution < -0.4 is 5.32 Å². The van der Waals surface area contributed by atoms with Crippen molar-refractivity contribution in [3.8, 4) is 6.07 Å². The number of halogens is 1. The predicted molar refractivity (Wildman–Crippen MR) is 74.3 cm³/mol. The summed E-state index contributed by atoms with van der Waals surface area (Å²) in [6, 6.07) is 16.2. The summed E-state index contributed by atoms with van der Waals surface area (Å²) in [6.45, 7) is 2.03. The number of nitriles is 1. The highest BCUT2D eigenvalue weighted by atomic mass is 19.1. The van der Waals surface area contributed by atoms with Gasteiger partial charge in [0.05, 0.1) is 11.6 Å². The maximum atomic E-state index is 13.1. The third-order valence-electron chi connectivity index (χ3n) is 2.84. The maximum Gasteiger partial charge on any atom is 0.123 e. The molecule has 0 bridgehead atoms. The van der Waals surface area contributed by atoms with Crippen molar-refractivity contribution < 1.29 is 4.39 Å². The first-order valence-corrected chi connectivity index (χ1v) is 6.18. The minimum absolute atomic E-state index is 0.163. The number of nitrogens with zero attached hydrogens (tertiary/aromatic N) is 1. The van der Waals surface area contributed by atoms with Crippen molar-refractivity contribution in [1.82, 2.24) is 0 Å². The normalized spacial score (nSPS) is 11.6. The molecule has 2 aromatic carbocycles. The van der Waals surface area contributed by atoms with E-state index in [-0.39, 0.29) is 11.9 Å². The Hall–Kier alpha value is -2.34. The molecule has 19 heavy (non-hydrogen) atoms. The highest BCUT2D eigenvalue weighted by Crippen LogP contribution is 2.13. The van der Waals surface area contributed by atoms with E-state index in [1.165, 1.54) is 6.07 Å². The predicted octanol–water partition coefficient (Wildman–Crippen LogP) is 3.74. The fourth-order valence-corrected chi connectivity index (χ4v) is 2.03. The minimum Gasteiger partial charge on any atom is -0.382 e. The smallest absolute Gasteiger partial charge is 0.123 e. The van der Waals surface area contributed by atoms with Crippen LogP contribution >= 0.6 is 0 Å². The van der Waals surface area contributed by atoms with Gasteiger partial charge in [0.2, 0.25) is 0 Å². The van der Waals surface area contributed by atoms with E-state index in [1.54, 1.807) is 18.2 Å². The molecule has 0 aromatic heterocycles. The summed E-state index contributed by atoms with van der Waals surface area (Å²) in [4.78, 5) is 0. The largest absolute Gasteiger partial charge is 0.382 e. The van der Waals surface area contributed by atoms with Crippen LogP contribution in [0.5, 0.6) is 0 Å². The summed E-state index contributed by atoms with van der Waals surface area (Å²) in [7, 11) is 0. The van der Waals surface area contributed by atoms with Gasteiger partial charge in [-0.05, 0) is 49.2 Å². The van der Waals surface area contributed by atoms with E-state index >= 15 is 0 Å². The third-order valence-corrected chi connectivity index (χ3v) is 2.84. The van der Waals surface area contributed by atoms with Crippen molar-refractivity contribution in [2.24, 2.45) is 0 Å². The number of nitrogens with one attached hydrogen (secondary N) is 1. The van der Waals surface area contributed by atoms with E-state index in [0.29, 0.717) is 5.56 Å². The van der Waals surface area contributed by atoms with Crippen molar-refractivity contribution in [3.05, 3.63) is 65.5 Å². The van der Waals surface area contributed by atoms with Gasteiger partial charge in [0.1, 0.15) is 5.82 Å². The van der Waals surface area contributed by atoms with Crippen LogP contribution in [0, 0.1) is 17.1 Å². The van der Waals surface area contributed by atoms with Crippen molar-refractivity contribution in [3.63, 3.8) is 0 Å². The van der Waals surface area contributed by atoms with Crippen LogP contribution in [0.3, 0.4) is 0 Å². The van der Waals surface area contributed by atoms with Gasteiger partial charge >= 0.3 is 0 Å². The summed E-state index contributed by atoms with van der Waals surface area (Å²) >= 11 is 0. The molecule has 0 radical (unpaired) electrons. The third kappa shape index (κ3) is 3.82. The molecular formula is C16H15FN2. The summed E-state index contributed by atoms with van der Waals surface area (Å²) < 4.78 is 13.1. The van der Waals surface area contributed by atoms with Crippen molar-refractivity contribution in [1.29, 1.82) is 5.26 Å². The van der Waals surface area contributed by atoms with Gasteiger partial charge in [-0.1, -0.05) is 18.2 Å². The van der Waals surface area contributed by atoms with Crippen molar-refractivity contribution in [2.75, 3.05) is 5.32 Å². The molecular weight excluding hydrogens is 239 g/mol. The van der Waals surface area contributed by atoms with Crippen LogP contribution in [0.15, 0.2) is 48.5 Å². The van der Waals surface area contributed by atoms with Gasteiger partial charge in [-0.15, -0.1) is 0 Å². The van der Waals surface area contributed by atoms with Gasteiger partial charge in [-0.3, -0.25) is 0 Å².